The second-order valence-corrected chi connectivity index (χ2v) is 6.71. The van der Waals surface area contributed by atoms with Crippen molar-refractivity contribution < 1.29 is 0 Å². The Kier molecular flexibility index (Phi) is 3.87. The second-order valence-electron chi connectivity index (χ2n) is 4.90. The molecule has 2 aromatic carbocycles. The number of hydrogen-bond donors (Lipinski definition) is 0. The minimum atomic E-state index is -0.541. The van der Waals surface area contributed by atoms with Crippen molar-refractivity contribution >= 4 is 27.7 Å². The zero-order valence-corrected chi connectivity index (χ0v) is 13.4. The van der Waals surface area contributed by atoms with Gasteiger partial charge in [-0.2, -0.15) is 5.26 Å². The van der Waals surface area contributed by atoms with E-state index in [0.717, 1.165) is 23.1 Å². The molecule has 1 aliphatic heterocycles. The second kappa shape index (κ2) is 5.63. The summed E-state index contributed by atoms with van der Waals surface area (Å²) in [6.45, 7) is 0. The first-order valence-electron chi connectivity index (χ1n) is 6.60. The third-order valence-corrected chi connectivity index (χ3v) is 5.39. The summed E-state index contributed by atoms with van der Waals surface area (Å²) in [5.74, 6) is 0.929. The van der Waals surface area contributed by atoms with Crippen molar-refractivity contribution in [3.8, 4) is 6.07 Å². The molecule has 0 bridgehead atoms. The summed E-state index contributed by atoms with van der Waals surface area (Å²) in [7, 11) is 0. The molecule has 1 aliphatic rings. The van der Waals surface area contributed by atoms with Gasteiger partial charge in [-0.3, -0.25) is 0 Å². The standard InChI is InChI=1S/C17H14BrNS/c18-10-9-17(12-19)14-6-2-1-5-13(14)11-20-16-8-4-3-7-15(16)17/h1-8H,9-11H2. The zero-order chi connectivity index (χ0) is 14.0. The molecular weight excluding hydrogens is 330 g/mol. The largest absolute Gasteiger partial charge is 0.197 e. The molecule has 0 N–H and O–H groups in total. The number of benzene rings is 2. The van der Waals surface area contributed by atoms with Gasteiger partial charge in [0.1, 0.15) is 5.41 Å². The predicted molar refractivity (Wildman–Crippen MR) is 87.2 cm³/mol. The van der Waals surface area contributed by atoms with Crippen LogP contribution in [0, 0.1) is 11.3 Å². The van der Waals surface area contributed by atoms with Gasteiger partial charge in [0.05, 0.1) is 6.07 Å². The van der Waals surface area contributed by atoms with E-state index in [1.807, 2.05) is 23.9 Å². The van der Waals surface area contributed by atoms with Gasteiger partial charge >= 0.3 is 0 Å². The Labute approximate surface area is 132 Å². The Balaban J connectivity index is 2.32. The zero-order valence-electron chi connectivity index (χ0n) is 11.0. The molecule has 0 amide bonds. The molecule has 1 nitrogen and oxygen atoms in total. The van der Waals surface area contributed by atoms with Crippen LogP contribution in [0.1, 0.15) is 23.1 Å². The quantitative estimate of drug-likeness (QED) is 0.725. The van der Waals surface area contributed by atoms with Crippen LogP contribution in [-0.2, 0) is 11.2 Å². The SMILES string of the molecule is N#CC1(CCBr)c2ccccc2CSc2ccccc21. The minimum absolute atomic E-state index is 0.541. The van der Waals surface area contributed by atoms with Crippen LogP contribution in [-0.4, -0.2) is 5.33 Å². The smallest absolute Gasteiger partial charge is 0.109 e. The highest BCUT2D eigenvalue weighted by molar-refractivity contribution is 9.09. The van der Waals surface area contributed by atoms with Gasteiger partial charge < -0.3 is 0 Å². The highest BCUT2D eigenvalue weighted by atomic mass is 79.9. The molecule has 100 valence electrons. The van der Waals surface area contributed by atoms with Gasteiger partial charge in [0.25, 0.3) is 0 Å². The fraction of sp³-hybridized carbons (Fsp3) is 0.235. The molecule has 0 saturated carbocycles. The number of thioether (sulfide) groups is 1. The predicted octanol–water partition coefficient (Wildman–Crippen LogP) is 4.89. The normalized spacial score (nSPS) is 20.4. The van der Waals surface area contributed by atoms with Crippen LogP contribution in [0.4, 0.5) is 0 Å². The lowest BCUT2D eigenvalue weighted by molar-refractivity contribution is 0.626. The molecule has 0 aromatic heterocycles. The number of fused-ring (bicyclic) bond motifs is 2. The highest BCUT2D eigenvalue weighted by Crippen LogP contribution is 2.46. The first kappa shape index (κ1) is 13.7. The molecule has 0 radical (unpaired) electrons. The Morgan fingerprint density at radius 3 is 2.55 bits per heavy atom. The number of halogens is 1. The van der Waals surface area contributed by atoms with E-state index in [1.54, 1.807) is 0 Å². The summed E-state index contributed by atoms with van der Waals surface area (Å²) < 4.78 is 0. The molecular formula is C17H14BrNS. The number of alkyl halides is 1. The van der Waals surface area contributed by atoms with Crippen LogP contribution in [0.5, 0.6) is 0 Å². The number of hydrogen-bond acceptors (Lipinski definition) is 2. The van der Waals surface area contributed by atoms with Crippen LogP contribution >= 0.6 is 27.7 Å². The van der Waals surface area contributed by atoms with E-state index in [1.165, 1.54) is 16.0 Å². The molecule has 1 unspecified atom stereocenters. The van der Waals surface area contributed by atoms with Crippen molar-refractivity contribution in [1.82, 2.24) is 0 Å². The van der Waals surface area contributed by atoms with Crippen molar-refractivity contribution in [2.75, 3.05) is 5.33 Å². The maximum atomic E-state index is 10.0. The van der Waals surface area contributed by atoms with E-state index in [9.17, 15) is 5.26 Å². The van der Waals surface area contributed by atoms with E-state index >= 15 is 0 Å². The van der Waals surface area contributed by atoms with Crippen molar-refractivity contribution in [3.05, 3.63) is 65.2 Å². The van der Waals surface area contributed by atoms with Crippen LogP contribution in [0.15, 0.2) is 53.4 Å². The van der Waals surface area contributed by atoms with E-state index < -0.39 is 5.41 Å². The van der Waals surface area contributed by atoms with Gasteiger partial charge in [0.2, 0.25) is 0 Å². The lowest BCUT2D eigenvalue weighted by Crippen LogP contribution is -2.27. The van der Waals surface area contributed by atoms with Crippen LogP contribution in [0.2, 0.25) is 0 Å². The Bertz CT molecular complexity index is 627. The lowest BCUT2D eigenvalue weighted by atomic mass is 9.72. The monoisotopic (exact) mass is 343 g/mol. The van der Waals surface area contributed by atoms with Crippen molar-refractivity contribution in [2.45, 2.75) is 22.5 Å². The molecule has 0 aliphatic carbocycles. The first-order chi connectivity index (χ1) is 9.81. The Morgan fingerprint density at radius 1 is 1.10 bits per heavy atom. The fourth-order valence-electron chi connectivity index (χ4n) is 2.90. The summed E-state index contributed by atoms with van der Waals surface area (Å²) in [4.78, 5) is 1.23. The van der Waals surface area contributed by atoms with E-state index in [4.69, 9.17) is 0 Å². The van der Waals surface area contributed by atoms with E-state index in [2.05, 4.69) is 58.4 Å². The summed E-state index contributed by atoms with van der Waals surface area (Å²) in [6.07, 6.45) is 0.790. The average Bonchev–Trinajstić information content (AvgIpc) is 2.64. The Morgan fingerprint density at radius 2 is 1.80 bits per heavy atom. The van der Waals surface area contributed by atoms with Gasteiger partial charge in [-0.1, -0.05) is 58.4 Å². The van der Waals surface area contributed by atoms with Gasteiger partial charge in [-0.05, 0) is 29.2 Å². The molecule has 20 heavy (non-hydrogen) atoms. The lowest BCUT2D eigenvalue weighted by Gasteiger charge is -2.28. The van der Waals surface area contributed by atoms with Gasteiger partial charge in [-0.15, -0.1) is 11.8 Å². The molecule has 0 spiro atoms. The molecule has 2 aromatic rings. The maximum absolute atomic E-state index is 10.0. The summed E-state index contributed by atoms with van der Waals surface area (Å²) >= 11 is 5.36. The molecule has 1 atom stereocenters. The summed E-state index contributed by atoms with van der Waals surface area (Å²) in [5, 5.41) is 10.8. The van der Waals surface area contributed by atoms with Crippen molar-refractivity contribution in [2.24, 2.45) is 0 Å². The van der Waals surface area contributed by atoms with Crippen LogP contribution in [0.3, 0.4) is 0 Å². The minimum Gasteiger partial charge on any atom is -0.197 e. The molecule has 0 fully saturated rings. The van der Waals surface area contributed by atoms with E-state index in [-0.39, 0.29) is 0 Å². The summed E-state index contributed by atoms with van der Waals surface area (Å²) in [5.41, 5.74) is 3.05. The summed E-state index contributed by atoms with van der Waals surface area (Å²) in [6, 6.07) is 19.3. The van der Waals surface area contributed by atoms with Gasteiger partial charge in [0.15, 0.2) is 0 Å². The van der Waals surface area contributed by atoms with Crippen LogP contribution in [0.25, 0.3) is 0 Å². The molecule has 0 saturated heterocycles. The number of rotatable bonds is 2. The first-order valence-corrected chi connectivity index (χ1v) is 8.70. The molecule has 3 heteroatoms. The molecule has 3 rings (SSSR count). The highest BCUT2D eigenvalue weighted by Gasteiger charge is 2.39. The molecule has 1 heterocycles. The van der Waals surface area contributed by atoms with E-state index in [0.29, 0.717) is 0 Å². The average molecular weight is 344 g/mol. The topological polar surface area (TPSA) is 23.8 Å². The maximum Gasteiger partial charge on any atom is 0.109 e. The van der Waals surface area contributed by atoms with Gasteiger partial charge in [-0.25, -0.2) is 0 Å². The van der Waals surface area contributed by atoms with Crippen molar-refractivity contribution in [3.63, 3.8) is 0 Å². The number of nitrogens with zero attached hydrogens (tertiary/aromatic N) is 1. The Hall–Kier alpha value is -1.24. The number of nitriles is 1. The third-order valence-electron chi connectivity index (χ3n) is 3.87. The third kappa shape index (κ3) is 2.08. The van der Waals surface area contributed by atoms with Crippen molar-refractivity contribution in [1.29, 1.82) is 5.26 Å². The van der Waals surface area contributed by atoms with Crippen LogP contribution < -0.4 is 0 Å². The van der Waals surface area contributed by atoms with Gasteiger partial charge in [0, 0.05) is 16.0 Å². The fourth-order valence-corrected chi connectivity index (χ4v) is 4.63.